The molecule has 0 aliphatic heterocycles. The van der Waals surface area contributed by atoms with E-state index in [-0.39, 0.29) is 5.91 Å². The molecule has 1 aromatic heterocycles. The fourth-order valence-electron chi connectivity index (χ4n) is 1.57. The number of carbonyl (C=O) groups is 1. The average Bonchev–Trinajstić information content (AvgIpc) is 2.37. The number of pyridine rings is 1. The third-order valence-electron chi connectivity index (χ3n) is 2.52. The van der Waals surface area contributed by atoms with Crippen molar-refractivity contribution in [3.8, 4) is 0 Å². The Hall–Kier alpha value is -1.42. The van der Waals surface area contributed by atoms with Crippen molar-refractivity contribution in [3.63, 3.8) is 0 Å². The molecule has 0 bridgehead atoms. The Balaban J connectivity index is 2.33. The molecule has 1 rings (SSSR count). The van der Waals surface area contributed by atoms with E-state index in [2.05, 4.69) is 28.6 Å². The van der Waals surface area contributed by atoms with Crippen molar-refractivity contribution in [2.45, 2.75) is 33.2 Å². The van der Waals surface area contributed by atoms with Gasteiger partial charge in [0.1, 0.15) is 0 Å². The minimum atomic E-state index is 0.0424. The summed E-state index contributed by atoms with van der Waals surface area (Å²) in [6.45, 7) is 5.87. The number of nitrogens with zero attached hydrogens (tertiary/aromatic N) is 1. The summed E-state index contributed by atoms with van der Waals surface area (Å²) < 4.78 is 0. The largest absolute Gasteiger partial charge is 0.355 e. The summed E-state index contributed by atoms with van der Waals surface area (Å²) in [7, 11) is 0. The Bertz CT molecular complexity index is 352. The van der Waals surface area contributed by atoms with E-state index in [1.165, 1.54) is 5.56 Å². The number of aryl methyl sites for hydroxylation is 1. The summed E-state index contributed by atoms with van der Waals surface area (Å²) in [6.07, 6.45) is 3.71. The fraction of sp³-hybridized carbons (Fsp3) is 0.538. The minimum Gasteiger partial charge on any atom is -0.355 e. The summed E-state index contributed by atoms with van der Waals surface area (Å²) in [4.78, 5) is 15.7. The lowest BCUT2D eigenvalue weighted by Crippen LogP contribution is -2.34. The number of aromatic nitrogens is 1. The Kier molecular flexibility index (Phi) is 6.25. The maximum atomic E-state index is 11.4. The lowest BCUT2D eigenvalue weighted by Gasteiger charge is -2.08. The van der Waals surface area contributed by atoms with E-state index in [1.54, 1.807) is 6.20 Å². The molecule has 1 aromatic rings. The highest BCUT2D eigenvalue weighted by Gasteiger charge is 2.03. The van der Waals surface area contributed by atoms with Crippen LogP contribution in [0.25, 0.3) is 0 Å². The maximum Gasteiger partial charge on any atom is 0.233 e. The number of rotatable bonds is 7. The first-order valence-corrected chi connectivity index (χ1v) is 6.18. The second-order valence-electron chi connectivity index (χ2n) is 3.92. The molecule has 0 aromatic carbocycles. The quantitative estimate of drug-likeness (QED) is 0.748. The average molecular weight is 235 g/mol. The smallest absolute Gasteiger partial charge is 0.233 e. The number of hydrogen-bond acceptors (Lipinski definition) is 3. The molecular formula is C13H21N3O. The van der Waals surface area contributed by atoms with E-state index >= 15 is 0 Å². The molecule has 0 aliphatic carbocycles. The highest BCUT2D eigenvalue weighted by atomic mass is 16.1. The Morgan fingerprint density at radius 2 is 2.24 bits per heavy atom. The summed E-state index contributed by atoms with van der Waals surface area (Å²) in [5.74, 6) is 0.0424. The van der Waals surface area contributed by atoms with Crippen LogP contribution < -0.4 is 10.6 Å². The first kappa shape index (κ1) is 13.6. The standard InChI is InChI=1S/C13H21N3O/c1-3-7-16-13(17)10-14-9-12-11(4-2)6-5-8-15-12/h5-6,8,14H,3-4,7,9-10H2,1-2H3,(H,16,17). The van der Waals surface area contributed by atoms with Crippen molar-refractivity contribution in [3.05, 3.63) is 29.6 Å². The monoisotopic (exact) mass is 235 g/mol. The molecule has 0 atom stereocenters. The summed E-state index contributed by atoms with van der Waals surface area (Å²) >= 11 is 0. The Morgan fingerprint density at radius 1 is 1.41 bits per heavy atom. The van der Waals surface area contributed by atoms with Gasteiger partial charge in [0.15, 0.2) is 0 Å². The van der Waals surface area contributed by atoms with Crippen LogP contribution in [-0.4, -0.2) is 24.0 Å². The molecule has 94 valence electrons. The van der Waals surface area contributed by atoms with Crippen molar-refractivity contribution < 1.29 is 4.79 Å². The SMILES string of the molecule is CCCNC(=O)CNCc1ncccc1CC. The molecule has 0 aliphatic rings. The van der Waals surface area contributed by atoms with Crippen molar-refractivity contribution in [2.24, 2.45) is 0 Å². The molecule has 17 heavy (non-hydrogen) atoms. The van der Waals surface area contributed by atoms with Gasteiger partial charge in [0.2, 0.25) is 5.91 Å². The van der Waals surface area contributed by atoms with Crippen LogP contribution in [0, 0.1) is 0 Å². The van der Waals surface area contributed by atoms with Gasteiger partial charge in [-0.25, -0.2) is 0 Å². The minimum absolute atomic E-state index is 0.0424. The number of hydrogen-bond donors (Lipinski definition) is 2. The van der Waals surface area contributed by atoms with Crippen LogP contribution in [0.2, 0.25) is 0 Å². The van der Waals surface area contributed by atoms with Crippen LogP contribution in [0.3, 0.4) is 0 Å². The van der Waals surface area contributed by atoms with Gasteiger partial charge in [-0.15, -0.1) is 0 Å². The highest BCUT2D eigenvalue weighted by Crippen LogP contribution is 2.05. The number of carbonyl (C=O) groups excluding carboxylic acids is 1. The maximum absolute atomic E-state index is 11.4. The lowest BCUT2D eigenvalue weighted by molar-refractivity contribution is -0.120. The van der Waals surface area contributed by atoms with Crippen molar-refractivity contribution in [1.29, 1.82) is 0 Å². The van der Waals surface area contributed by atoms with E-state index in [4.69, 9.17) is 0 Å². The van der Waals surface area contributed by atoms with E-state index in [0.717, 1.165) is 25.1 Å². The summed E-state index contributed by atoms with van der Waals surface area (Å²) in [6, 6.07) is 4.01. The predicted molar refractivity (Wildman–Crippen MR) is 68.6 cm³/mol. The molecule has 1 amide bonds. The summed E-state index contributed by atoms with van der Waals surface area (Å²) in [5, 5.41) is 5.94. The van der Waals surface area contributed by atoms with Gasteiger partial charge >= 0.3 is 0 Å². The normalized spacial score (nSPS) is 10.2. The third-order valence-corrected chi connectivity index (χ3v) is 2.52. The molecule has 0 fully saturated rings. The second kappa shape index (κ2) is 7.79. The zero-order valence-electron chi connectivity index (χ0n) is 10.6. The highest BCUT2D eigenvalue weighted by molar-refractivity contribution is 5.77. The van der Waals surface area contributed by atoms with Crippen LogP contribution in [-0.2, 0) is 17.8 Å². The second-order valence-corrected chi connectivity index (χ2v) is 3.92. The Labute approximate surface area is 103 Å². The molecule has 0 unspecified atom stereocenters. The van der Waals surface area contributed by atoms with E-state index in [0.29, 0.717) is 13.1 Å². The van der Waals surface area contributed by atoms with Crippen LogP contribution in [0.5, 0.6) is 0 Å². The first-order valence-electron chi connectivity index (χ1n) is 6.18. The number of nitrogens with one attached hydrogen (secondary N) is 2. The molecule has 1 heterocycles. The van der Waals surface area contributed by atoms with Gasteiger partial charge in [-0.2, -0.15) is 0 Å². The number of amides is 1. The van der Waals surface area contributed by atoms with Gasteiger partial charge in [-0.3, -0.25) is 9.78 Å². The molecule has 0 saturated carbocycles. The third kappa shape index (κ3) is 4.95. The van der Waals surface area contributed by atoms with E-state index in [9.17, 15) is 4.79 Å². The van der Waals surface area contributed by atoms with E-state index < -0.39 is 0 Å². The first-order chi connectivity index (χ1) is 8.27. The molecule has 4 heteroatoms. The van der Waals surface area contributed by atoms with Crippen molar-refractivity contribution >= 4 is 5.91 Å². The van der Waals surface area contributed by atoms with E-state index in [1.807, 2.05) is 13.0 Å². The van der Waals surface area contributed by atoms with Gasteiger partial charge in [-0.05, 0) is 24.5 Å². The van der Waals surface area contributed by atoms with Crippen LogP contribution in [0.1, 0.15) is 31.5 Å². The molecule has 0 spiro atoms. The molecule has 0 saturated heterocycles. The lowest BCUT2D eigenvalue weighted by atomic mass is 10.1. The molecular weight excluding hydrogens is 214 g/mol. The van der Waals surface area contributed by atoms with Gasteiger partial charge < -0.3 is 10.6 Å². The van der Waals surface area contributed by atoms with Crippen molar-refractivity contribution in [2.75, 3.05) is 13.1 Å². The molecule has 0 radical (unpaired) electrons. The van der Waals surface area contributed by atoms with Crippen LogP contribution in [0.15, 0.2) is 18.3 Å². The molecule has 4 nitrogen and oxygen atoms in total. The fourth-order valence-corrected chi connectivity index (χ4v) is 1.57. The zero-order valence-corrected chi connectivity index (χ0v) is 10.6. The summed E-state index contributed by atoms with van der Waals surface area (Å²) in [5.41, 5.74) is 2.26. The van der Waals surface area contributed by atoms with Crippen LogP contribution >= 0.6 is 0 Å². The molecule has 2 N–H and O–H groups in total. The van der Waals surface area contributed by atoms with Gasteiger partial charge in [0.25, 0.3) is 0 Å². The van der Waals surface area contributed by atoms with Gasteiger partial charge in [-0.1, -0.05) is 19.9 Å². The topological polar surface area (TPSA) is 54.0 Å². The van der Waals surface area contributed by atoms with Crippen molar-refractivity contribution in [1.82, 2.24) is 15.6 Å². The zero-order chi connectivity index (χ0) is 12.5. The van der Waals surface area contributed by atoms with Gasteiger partial charge in [0, 0.05) is 19.3 Å². The van der Waals surface area contributed by atoms with Gasteiger partial charge in [0.05, 0.1) is 12.2 Å². The Morgan fingerprint density at radius 3 is 2.94 bits per heavy atom. The van der Waals surface area contributed by atoms with Crippen LogP contribution in [0.4, 0.5) is 0 Å². The predicted octanol–water partition coefficient (Wildman–Crippen LogP) is 1.26.